The molecule has 0 unspecified atom stereocenters. The van der Waals surface area contributed by atoms with Crippen LogP contribution in [0.25, 0.3) is 11.4 Å². The topological polar surface area (TPSA) is 85.5 Å². The fourth-order valence-electron chi connectivity index (χ4n) is 2.94. The van der Waals surface area contributed by atoms with Crippen molar-refractivity contribution in [3.05, 3.63) is 65.8 Å². The van der Waals surface area contributed by atoms with E-state index >= 15 is 0 Å². The van der Waals surface area contributed by atoms with E-state index < -0.39 is 5.97 Å². The predicted molar refractivity (Wildman–Crippen MR) is 96.8 cm³/mol. The lowest BCUT2D eigenvalue weighted by Crippen LogP contribution is -2.23. The Hall–Kier alpha value is -3.55. The number of hydrogen-bond donors (Lipinski definition) is 0. The van der Waals surface area contributed by atoms with Crippen LogP contribution >= 0.6 is 0 Å². The lowest BCUT2D eigenvalue weighted by atomic mass is 10.2. The van der Waals surface area contributed by atoms with Crippen LogP contribution in [0.2, 0.25) is 0 Å². The summed E-state index contributed by atoms with van der Waals surface area (Å²) in [5, 5.41) is 3.79. The van der Waals surface area contributed by atoms with Crippen molar-refractivity contribution in [3.63, 3.8) is 0 Å². The van der Waals surface area contributed by atoms with Crippen LogP contribution in [0.15, 0.2) is 53.1 Å². The van der Waals surface area contributed by atoms with E-state index in [1.54, 1.807) is 29.2 Å². The zero-order valence-corrected chi connectivity index (χ0v) is 14.8. The minimum atomic E-state index is -0.541. The van der Waals surface area contributed by atoms with Crippen LogP contribution in [0.4, 0.5) is 10.1 Å². The van der Waals surface area contributed by atoms with Gasteiger partial charge in [-0.05, 0) is 55.0 Å². The number of rotatable bonds is 5. The highest BCUT2D eigenvalue weighted by Gasteiger charge is 2.22. The molecule has 1 fully saturated rings. The Kier molecular flexibility index (Phi) is 4.84. The number of anilines is 1. The van der Waals surface area contributed by atoms with E-state index in [4.69, 9.17) is 9.26 Å². The minimum Gasteiger partial charge on any atom is -0.452 e. The van der Waals surface area contributed by atoms with Gasteiger partial charge < -0.3 is 14.2 Å². The number of halogens is 1. The van der Waals surface area contributed by atoms with Gasteiger partial charge in [0.15, 0.2) is 6.61 Å². The molecule has 1 amide bonds. The minimum absolute atomic E-state index is 0.0867. The summed E-state index contributed by atoms with van der Waals surface area (Å²) in [5.74, 6) is -0.399. The molecular weight excluding hydrogens is 365 g/mol. The molecule has 3 aromatic rings. The Morgan fingerprint density at radius 3 is 2.57 bits per heavy atom. The summed E-state index contributed by atoms with van der Waals surface area (Å²) in [5.41, 5.74) is 1.71. The molecule has 0 atom stereocenters. The normalized spacial score (nSPS) is 13.8. The molecular formula is C20H16FN3O4. The number of amides is 1. The average Bonchev–Trinajstić information content (AvgIpc) is 3.36. The van der Waals surface area contributed by atoms with Gasteiger partial charge in [0.1, 0.15) is 5.82 Å². The smallest absolute Gasteiger partial charge is 0.338 e. The van der Waals surface area contributed by atoms with E-state index in [2.05, 4.69) is 10.1 Å². The summed E-state index contributed by atoms with van der Waals surface area (Å²) in [4.78, 5) is 29.8. The summed E-state index contributed by atoms with van der Waals surface area (Å²) < 4.78 is 23.2. The van der Waals surface area contributed by atoms with Gasteiger partial charge in [-0.1, -0.05) is 5.16 Å². The second-order valence-corrected chi connectivity index (χ2v) is 6.29. The third kappa shape index (κ3) is 3.75. The van der Waals surface area contributed by atoms with E-state index in [1.165, 1.54) is 24.3 Å². The molecule has 142 valence electrons. The molecule has 1 saturated heterocycles. The van der Waals surface area contributed by atoms with Crippen molar-refractivity contribution >= 4 is 17.6 Å². The number of hydrogen-bond acceptors (Lipinski definition) is 6. The number of benzene rings is 2. The molecule has 0 radical (unpaired) electrons. The molecule has 7 nitrogen and oxygen atoms in total. The highest BCUT2D eigenvalue weighted by atomic mass is 19.1. The van der Waals surface area contributed by atoms with Crippen molar-refractivity contribution in [1.29, 1.82) is 0 Å². The van der Waals surface area contributed by atoms with Gasteiger partial charge in [-0.25, -0.2) is 9.18 Å². The molecule has 2 aromatic carbocycles. The fraction of sp³-hybridized carbons (Fsp3) is 0.200. The van der Waals surface area contributed by atoms with Crippen molar-refractivity contribution in [2.24, 2.45) is 0 Å². The molecule has 0 aliphatic carbocycles. The molecule has 8 heteroatoms. The summed E-state index contributed by atoms with van der Waals surface area (Å²) in [6, 6.07) is 12.3. The molecule has 2 heterocycles. The summed E-state index contributed by atoms with van der Waals surface area (Å²) in [7, 11) is 0. The lowest BCUT2D eigenvalue weighted by Gasteiger charge is -2.15. The third-order valence-electron chi connectivity index (χ3n) is 4.39. The largest absolute Gasteiger partial charge is 0.452 e. The first-order chi connectivity index (χ1) is 13.6. The van der Waals surface area contributed by atoms with Crippen LogP contribution in [-0.2, 0) is 16.1 Å². The Morgan fingerprint density at radius 1 is 1.14 bits per heavy atom. The maximum atomic E-state index is 13.0. The van der Waals surface area contributed by atoms with Gasteiger partial charge in [0.2, 0.25) is 11.7 Å². The SMILES string of the molecule is O=C(OCc1nc(-c2ccc(F)cc2)no1)c1ccc(N2CCCC2=O)cc1. The second-order valence-electron chi connectivity index (χ2n) is 6.29. The van der Waals surface area contributed by atoms with E-state index in [-0.39, 0.29) is 30.0 Å². The van der Waals surface area contributed by atoms with E-state index in [0.29, 0.717) is 24.1 Å². The monoisotopic (exact) mass is 381 g/mol. The molecule has 0 N–H and O–H groups in total. The molecule has 0 bridgehead atoms. The van der Waals surface area contributed by atoms with Crippen molar-refractivity contribution in [2.45, 2.75) is 19.4 Å². The lowest BCUT2D eigenvalue weighted by molar-refractivity contribution is -0.117. The fourth-order valence-corrected chi connectivity index (χ4v) is 2.94. The Morgan fingerprint density at radius 2 is 1.89 bits per heavy atom. The highest BCUT2D eigenvalue weighted by Crippen LogP contribution is 2.22. The first-order valence-corrected chi connectivity index (χ1v) is 8.76. The predicted octanol–water partition coefficient (Wildman–Crippen LogP) is 3.36. The zero-order valence-electron chi connectivity index (χ0n) is 14.8. The number of ether oxygens (including phenoxy) is 1. The maximum absolute atomic E-state index is 13.0. The molecule has 1 aliphatic heterocycles. The highest BCUT2D eigenvalue weighted by molar-refractivity contribution is 5.96. The van der Waals surface area contributed by atoms with E-state index in [9.17, 15) is 14.0 Å². The van der Waals surface area contributed by atoms with Crippen LogP contribution in [-0.4, -0.2) is 28.6 Å². The van der Waals surface area contributed by atoms with Gasteiger partial charge in [0.05, 0.1) is 5.56 Å². The molecule has 0 saturated carbocycles. The van der Waals surface area contributed by atoms with E-state index in [1.807, 2.05) is 0 Å². The maximum Gasteiger partial charge on any atom is 0.338 e. The quantitative estimate of drug-likeness (QED) is 0.630. The van der Waals surface area contributed by atoms with E-state index in [0.717, 1.165) is 12.1 Å². The second kappa shape index (κ2) is 7.59. The van der Waals surface area contributed by atoms with Crippen molar-refractivity contribution < 1.29 is 23.2 Å². The number of carbonyl (C=O) groups excluding carboxylic acids is 2. The Balaban J connectivity index is 1.36. The molecule has 28 heavy (non-hydrogen) atoms. The van der Waals surface area contributed by atoms with Crippen LogP contribution < -0.4 is 4.90 Å². The Labute approximate surface area is 159 Å². The first-order valence-electron chi connectivity index (χ1n) is 8.76. The third-order valence-corrected chi connectivity index (χ3v) is 4.39. The van der Waals surface area contributed by atoms with Gasteiger partial charge in [-0.15, -0.1) is 0 Å². The van der Waals surface area contributed by atoms with Crippen molar-refractivity contribution in [2.75, 3.05) is 11.4 Å². The number of nitrogens with zero attached hydrogens (tertiary/aromatic N) is 3. The van der Waals surface area contributed by atoms with Gasteiger partial charge >= 0.3 is 5.97 Å². The van der Waals surface area contributed by atoms with Crippen molar-refractivity contribution in [3.8, 4) is 11.4 Å². The molecule has 0 spiro atoms. The van der Waals surface area contributed by atoms with Crippen LogP contribution in [0.1, 0.15) is 29.1 Å². The van der Waals surface area contributed by atoms with Gasteiger partial charge in [0, 0.05) is 24.2 Å². The standard InChI is InChI=1S/C20H16FN3O4/c21-15-7-3-13(4-8-15)19-22-17(28-23-19)12-27-20(26)14-5-9-16(10-6-14)24-11-1-2-18(24)25/h3-10H,1-2,11-12H2. The van der Waals surface area contributed by atoms with Crippen LogP contribution in [0.3, 0.4) is 0 Å². The van der Waals surface area contributed by atoms with Crippen LogP contribution in [0, 0.1) is 5.82 Å². The Bertz CT molecular complexity index is 999. The summed E-state index contributed by atoms with van der Waals surface area (Å²) in [6.45, 7) is 0.509. The molecule has 4 rings (SSSR count). The number of aromatic nitrogens is 2. The van der Waals surface area contributed by atoms with Gasteiger partial charge in [-0.2, -0.15) is 4.98 Å². The summed E-state index contributed by atoms with van der Waals surface area (Å²) >= 11 is 0. The average molecular weight is 381 g/mol. The number of esters is 1. The van der Waals surface area contributed by atoms with Gasteiger partial charge in [0.25, 0.3) is 5.89 Å². The first kappa shape index (κ1) is 17.8. The molecule has 1 aliphatic rings. The van der Waals surface area contributed by atoms with Gasteiger partial charge in [-0.3, -0.25) is 4.79 Å². The zero-order chi connectivity index (χ0) is 19.5. The van der Waals surface area contributed by atoms with Crippen LogP contribution in [0.5, 0.6) is 0 Å². The molecule has 1 aromatic heterocycles. The van der Waals surface area contributed by atoms with Crippen molar-refractivity contribution in [1.82, 2.24) is 10.1 Å². The number of carbonyl (C=O) groups is 2. The summed E-state index contributed by atoms with van der Waals surface area (Å²) in [6.07, 6.45) is 1.39.